The smallest absolute Gasteiger partial charge is 0.403 e. The lowest BCUT2D eigenvalue weighted by Gasteiger charge is -2.32. The van der Waals surface area contributed by atoms with Gasteiger partial charge >= 0.3 is 7.12 Å². The van der Waals surface area contributed by atoms with Crippen LogP contribution in [0.15, 0.2) is 42.0 Å². The molecule has 1 aliphatic rings. The van der Waals surface area contributed by atoms with Gasteiger partial charge in [0.15, 0.2) is 0 Å². The monoisotopic (exact) mass is 344 g/mol. The molecule has 0 amide bonds. The molecule has 1 saturated heterocycles. The average molecular weight is 344 g/mol. The Balaban J connectivity index is 2.06. The molecule has 1 fully saturated rings. The van der Waals surface area contributed by atoms with Gasteiger partial charge in [0.25, 0.3) is 0 Å². The van der Waals surface area contributed by atoms with Crippen LogP contribution >= 0.6 is 0 Å². The van der Waals surface area contributed by atoms with Gasteiger partial charge in [0.05, 0.1) is 19.3 Å². The third kappa shape index (κ3) is 4.04. The molecule has 0 bridgehead atoms. The molecule has 1 atom stereocenters. The maximum atomic E-state index is 6.13. The van der Waals surface area contributed by atoms with E-state index in [0.717, 1.165) is 6.32 Å². The van der Waals surface area contributed by atoms with Crippen molar-refractivity contribution in [2.75, 3.05) is 0 Å². The summed E-state index contributed by atoms with van der Waals surface area (Å²) in [6.45, 7) is 17.9. The molecular formula is C20H33BO2Si. The topological polar surface area (TPSA) is 18.5 Å². The van der Waals surface area contributed by atoms with Gasteiger partial charge in [-0.2, -0.15) is 0 Å². The lowest BCUT2D eigenvalue weighted by atomic mass is 9.81. The number of hydrogen-bond donors (Lipinski definition) is 0. The van der Waals surface area contributed by atoms with Crippen LogP contribution in [0.2, 0.25) is 25.0 Å². The van der Waals surface area contributed by atoms with Gasteiger partial charge in [-0.05, 0) is 40.2 Å². The summed E-state index contributed by atoms with van der Waals surface area (Å²) < 4.78 is 12.3. The standard InChI is InChI=1S/C20H33BO2Si/c1-16(15-21-22-19(3,4)20(5,6)23-21)14-17(2)24(7,8)18-12-10-9-11-13-18/h9-14,17H,15H2,1-8H3/b16-14-. The van der Waals surface area contributed by atoms with Gasteiger partial charge in [0, 0.05) is 6.32 Å². The minimum atomic E-state index is -1.52. The maximum absolute atomic E-state index is 6.13. The molecule has 0 spiro atoms. The van der Waals surface area contributed by atoms with Crippen molar-refractivity contribution in [3.63, 3.8) is 0 Å². The summed E-state index contributed by atoms with van der Waals surface area (Å²) in [5.74, 6) is 0. The van der Waals surface area contributed by atoms with Crippen molar-refractivity contribution in [3.05, 3.63) is 42.0 Å². The Morgan fingerprint density at radius 2 is 1.58 bits per heavy atom. The van der Waals surface area contributed by atoms with E-state index in [4.69, 9.17) is 9.31 Å². The molecule has 0 radical (unpaired) electrons. The van der Waals surface area contributed by atoms with Crippen molar-refractivity contribution in [2.24, 2.45) is 0 Å². The molecular weight excluding hydrogens is 311 g/mol. The van der Waals surface area contributed by atoms with Crippen molar-refractivity contribution in [3.8, 4) is 0 Å². The molecule has 0 N–H and O–H groups in total. The van der Waals surface area contributed by atoms with E-state index >= 15 is 0 Å². The van der Waals surface area contributed by atoms with Crippen LogP contribution in [-0.4, -0.2) is 26.4 Å². The third-order valence-corrected chi connectivity index (χ3v) is 10.2. The molecule has 0 aromatic heterocycles. The van der Waals surface area contributed by atoms with E-state index in [1.807, 2.05) is 0 Å². The molecule has 4 heteroatoms. The summed E-state index contributed by atoms with van der Waals surface area (Å²) in [5.41, 5.74) is 1.43. The highest BCUT2D eigenvalue weighted by atomic mass is 28.3. The highest BCUT2D eigenvalue weighted by Crippen LogP contribution is 2.38. The zero-order valence-corrected chi connectivity index (χ0v) is 17.6. The molecule has 132 valence electrons. The minimum absolute atomic E-state index is 0.139. The fourth-order valence-corrected chi connectivity index (χ4v) is 5.42. The largest absolute Gasteiger partial charge is 0.462 e. The molecule has 2 rings (SSSR count). The summed E-state index contributed by atoms with van der Waals surface area (Å²) >= 11 is 0. The van der Waals surface area contributed by atoms with E-state index in [0.29, 0.717) is 5.54 Å². The van der Waals surface area contributed by atoms with Crippen molar-refractivity contribution >= 4 is 20.4 Å². The molecule has 1 aliphatic heterocycles. The lowest BCUT2D eigenvalue weighted by molar-refractivity contribution is 0.00578. The normalized spacial score (nSPS) is 21.8. The van der Waals surface area contributed by atoms with Gasteiger partial charge in [-0.3, -0.25) is 0 Å². The first-order valence-electron chi connectivity index (χ1n) is 9.04. The van der Waals surface area contributed by atoms with Crippen LogP contribution in [0.1, 0.15) is 41.5 Å². The quantitative estimate of drug-likeness (QED) is 0.551. The highest BCUT2D eigenvalue weighted by Gasteiger charge is 2.50. The van der Waals surface area contributed by atoms with Gasteiger partial charge < -0.3 is 9.31 Å². The van der Waals surface area contributed by atoms with E-state index in [1.54, 1.807) is 0 Å². The maximum Gasteiger partial charge on any atom is 0.462 e. The van der Waals surface area contributed by atoms with Crippen LogP contribution in [-0.2, 0) is 9.31 Å². The lowest BCUT2D eigenvalue weighted by Crippen LogP contribution is -2.44. The summed E-state index contributed by atoms with van der Waals surface area (Å²) in [6, 6.07) is 11.0. The predicted molar refractivity (Wildman–Crippen MR) is 108 cm³/mol. The van der Waals surface area contributed by atoms with Crippen LogP contribution in [0, 0.1) is 0 Å². The number of hydrogen-bond acceptors (Lipinski definition) is 2. The van der Waals surface area contributed by atoms with Crippen LogP contribution in [0.5, 0.6) is 0 Å². The van der Waals surface area contributed by atoms with Crippen LogP contribution in [0.25, 0.3) is 0 Å². The van der Waals surface area contributed by atoms with Crippen molar-refractivity contribution in [2.45, 2.75) is 77.7 Å². The summed E-state index contributed by atoms with van der Waals surface area (Å²) in [5, 5.41) is 1.51. The predicted octanol–water partition coefficient (Wildman–Crippen LogP) is 5.03. The average Bonchev–Trinajstić information content (AvgIpc) is 2.66. The van der Waals surface area contributed by atoms with Gasteiger partial charge in [-0.1, -0.05) is 67.2 Å². The fraction of sp³-hybridized carbons (Fsp3) is 0.600. The van der Waals surface area contributed by atoms with Gasteiger partial charge in [0.2, 0.25) is 0 Å². The van der Waals surface area contributed by atoms with Crippen LogP contribution < -0.4 is 5.19 Å². The summed E-state index contributed by atoms with van der Waals surface area (Å²) in [4.78, 5) is 0. The molecule has 1 heterocycles. The van der Waals surface area contributed by atoms with Crippen molar-refractivity contribution in [1.82, 2.24) is 0 Å². The molecule has 0 aliphatic carbocycles. The van der Waals surface area contributed by atoms with Crippen molar-refractivity contribution in [1.29, 1.82) is 0 Å². The Morgan fingerprint density at radius 3 is 2.08 bits per heavy atom. The zero-order chi connectivity index (χ0) is 18.2. The Kier molecular flexibility index (Phi) is 5.53. The highest BCUT2D eigenvalue weighted by molar-refractivity contribution is 6.91. The summed E-state index contributed by atoms with van der Waals surface area (Å²) in [7, 11) is -1.66. The van der Waals surface area contributed by atoms with Crippen LogP contribution in [0.4, 0.5) is 0 Å². The molecule has 24 heavy (non-hydrogen) atoms. The number of benzene rings is 1. The Morgan fingerprint density at radius 1 is 1.08 bits per heavy atom. The Hall–Kier alpha value is -0.838. The molecule has 1 aromatic carbocycles. The first-order chi connectivity index (χ1) is 11.0. The minimum Gasteiger partial charge on any atom is -0.403 e. The zero-order valence-electron chi connectivity index (χ0n) is 16.6. The Bertz CT molecular complexity index is 577. The second-order valence-corrected chi connectivity index (χ2v) is 13.7. The van der Waals surface area contributed by atoms with E-state index in [2.05, 4.69) is 91.0 Å². The molecule has 1 aromatic rings. The molecule has 0 saturated carbocycles. The molecule has 2 nitrogen and oxygen atoms in total. The fourth-order valence-electron chi connectivity index (χ4n) is 3.15. The SMILES string of the molecule is C/C(=C/C(C)[Si](C)(C)c1ccccc1)CB1OC(C)(C)C(C)(C)O1. The van der Waals surface area contributed by atoms with E-state index in [-0.39, 0.29) is 18.3 Å². The van der Waals surface area contributed by atoms with E-state index in [9.17, 15) is 0 Å². The van der Waals surface area contributed by atoms with E-state index in [1.165, 1.54) is 10.8 Å². The van der Waals surface area contributed by atoms with Crippen LogP contribution in [0.3, 0.4) is 0 Å². The van der Waals surface area contributed by atoms with Gasteiger partial charge in [-0.25, -0.2) is 0 Å². The Labute approximate surface area is 149 Å². The molecule has 1 unspecified atom stereocenters. The van der Waals surface area contributed by atoms with E-state index < -0.39 is 8.07 Å². The second kappa shape index (κ2) is 6.81. The van der Waals surface area contributed by atoms with Gasteiger partial charge in [0.1, 0.15) is 0 Å². The van der Waals surface area contributed by atoms with Gasteiger partial charge in [-0.15, -0.1) is 0 Å². The first-order valence-corrected chi connectivity index (χ1v) is 12.1. The van der Waals surface area contributed by atoms with Crippen molar-refractivity contribution < 1.29 is 9.31 Å². The number of allylic oxidation sites excluding steroid dienone is 2. The second-order valence-electron chi connectivity index (χ2n) is 8.78. The number of rotatable bonds is 5. The first kappa shape index (κ1) is 19.5. The summed E-state index contributed by atoms with van der Waals surface area (Å²) in [6.07, 6.45) is 3.28. The third-order valence-electron chi connectivity index (χ3n) is 5.98.